The highest BCUT2D eigenvalue weighted by atomic mass is 16.2. The summed E-state index contributed by atoms with van der Waals surface area (Å²) < 4.78 is 0. The Morgan fingerprint density at radius 3 is 2.95 bits per heavy atom. The number of aromatic nitrogens is 1. The van der Waals surface area contributed by atoms with Crippen LogP contribution in [-0.4, -0.2) is 28.9 Å². The van der Waals surface area contributed by atoms with E-state index in [1.165, 1.54) is 0 Å². The summed E-state index contributed by atoms with van der Waals surface area (Å²) in [6.07, 6.45) is 4.54. The normalized spacial score (nSPS) is 17.9. The van der Waals surface area contributed by atoms with Gasteiger partial charge in [-0.25, -0.2) is 4.98 Å². The van der Waals surface area contributed by atoms with Crippen LogP contribution in [0, 0.1) is 17.4 Å². The number of pyridine rings is 1. The van der Waals surface area contributed by atoms with E-state index in [1.54, 1.807) is 11.1 Å². The molecule has 0 saturated carbocycles. The molecule has 2 aromatic rings. The predicted molar refractivity (Wildman–Crippen MR) is 75.7 cm³/mol. The number of hydrogen-bond donors (Lipinski definition) is 1. The summed E-state index contributed by atoms with van der Waals surface area (Å²) in [7, 11) is 0. The average molecular weight is 266 g/mol. The maximum atomic E-state index is 12.1. The molecule has 0 radical (unpaired) electrons. The number of nitriles is 1. The first-order valence-corrected chi connectivity index (χ1v) is 6.56. The number of anilines is 1. The molecule has 0 bridgehead atoms. The van der Waals surface area contributed by atoms with Crippen molar-refractivity contribution in [1.29, 1.82) is 5.26 Å². The van der Waals surface area contributed by atoms with E-state index in [-0.39, 0.29) is 11.8 Å². The molecular weight excluding hydrogens is 252 g/mol. The molecule has 0 spiro atoms. The molecule has 1 N–H and O–H groups in total. The molecule has 1 aromatic carbocycles. The number of hydrogen-bond acceptors (Lipinski definition) is 4. The van der Waals surface area contributed by atoms with E-state index in [1.807, 2.05) is 30.3 Å². The third-order valence-corrected chi connectivity index (χ3v) is 3.58. The molecular formula is C15H14N4O. The molecule has 1 fully saturated rings. The number of likely N-dealkylation sites (tertiary alicyclic amines) is 1. The van der Waals surface area contributed by atoms with Crippen LogP contribution < -0.4 is 5.32 Å². The van der Waals surface area contributed by atoms with E-state index in [2.05, 4.69) is 16.5 Å². The minimum atomic E-state index is -0.136. The summed E-state index contributed by atoms with van der Waals surface area (Å²) in [5.74, 6) is 0.359. The summed E-state index contributed by atoms with van der Waals surface area (Å²) in [5.41, 5.74) is 0. The van der Waals surface area contributed by atoms with Crippen LogP contribution in [0.15, 0.2) is 36.5 Å². The van der Waals surface area contributed by atoms with Crippen molar-refractivity contribution in [2.24, 2.45) is 5.92 Å². The highest BCUT2D eigenvalue weighted by Gasteiger charge is 2.27. The minimum Gasteiger partial charge on any atom is -0.310 e. The summed E-state index contributed by atoms with van der Waals surface area (Å²) >= 11 is 0. The second-order valence-electron chi connectivity index (χ2n) is 4.94. The second-order valence-corrected chi connectivity index (χ2v) is 4.94. The molecule has 1 amide bonds. The first-order valence-electron chi connectivity index (χ1n) is 6.56. The molecule has 1 aliphatic heterocycles. The van der Waals surface area contributed by atoms with Gasteiger partial charge in [-0.05, 0) is 17.9 Å². The van der Waals surface area contributed by atoms with E-state index >= 15 is 0 Å². The number of carbonyl (C=O) groups is 1. The fraction of sp³-hybridized carbons (Fsp3) is 0.267. The summed E-state index contributed by atoms with van der Waals surface area (Å²) in [4.78, 5) is 18.0. The van der Waals surface area contributed by atoms with Gasteiger partial charge in [-0.1, -0.05) is 24.3 Å². The molecule has 1 unspecified atom stereocenters. The molecule has 1 saturated heterocycles. The lowest BCUT2D eigenvalue weighted by Crippen LogP contribution is -2.25. The topological polar surface area (TPSA) is 69.0 Å². The second kappa shape index (κ2) is 5.17. The first kappa shape index (κ1) is 12.4. The van der Waals surface area contributed by atoms with E-state index in [0.29, 0.717) is 25.3 Å². The average Bonchev–Trinajstić information content (AvgIpc) is 2.96. The first-order chi connectivity index (χ1) is 9.76. The molecule has 1 aliphatic rings. The van der Waals surface area contributed by atoms with Gasteiger partial charge in [-0.3, -0.25) is 4.79 Å². The van der Waals surface area contributed by atoms with Crippen molar-refractivity contribution in [2.45, 2.75) is 6.42 Å². The van der Waals surface area contributed by atoms with Gasteiger partial charge < -0.3 is 10.2 Å². The maximum Gasteiger partial charge on any atom is 0.230 e. The zero-order valence-electron chi connectivity index (χ0n) is 10.9. The molecule has 100 valence electrons. The zero-order chi connectivity index (χ0) is 13.9. The van der Waals surface area contributed by atoms with Crippen molar-refractivity contribution in [3.05, 3.63) is 36.5 Å². The fourth-order valence-electron chi connectivity index (χ4n) is 2.45. The lowest BCUT2D eigenvalue weighted by molar-refractivity contribution is -0.119. The zero-order valence-corrected chi connectivity index (χ0v) is 10.9. The number of carbonyl (C=O) groups excluding carboxylic acids is 1. The van der Waals surface area contributed by atoms with Crippen LogP contribution in [0.5, 0.6) is 0 Å². The smallest absolute Gasteiger partial charge is 0.230 e. The molecule has 1 aromatic heterocycles. The third kappa shape index (κ3) is 2.41. The van der Waals surface area contributed by atoms with Gasteiger partial charge in [-0.15, -0.1) is 0 Å². The van der Waals surface area contributed by atoms with Crippen LogP contribution in [0.2, 0.25) is 0 Å². The Bertz CT molecular complexity index is 692. The highest BCUT2D eigenvalue weighted by molar-refractivity contribution is 5.94. The molecule has 2 heterocycles. The number of benzene rings is 1. The van der Waals surface area contributed by atoms with E-state index in [9.17, 15) is 4.79 Å². The molecule has 5 heteroatoms. The van der Waals surface area contributed by atoms with Crippen molar-refractivity contribution in [2.75, 3.05) is 18.4 Å². The Morgan fingerprint density at radius 1 is 1.40 bits per heavy atom. The SMILES string of the molecule is N#CN1CCC(C(=O)Nc2cc3ccccc3cn2)C1. The van der Waals surface area contributed by atoms with Crippen LogP contribution in [0.3, 0.4) is 0 Å². The number of nitrogens with one attached hydrogen (secondary N) is 1. The number of fused-ring (bicyclic) bond motifs is 1. The Kier molecular flexibility index (Phi) is 3.21. The third-order valence-electron chi connectivity index (χ3n) is 3.58. The Morgan fingerprint density at radius 2 is 2.20 bits per heavy atom. The number of rotatable bonds is 2. The summed E-state index contributed by atoms with van der Waals surface area (Å²) in [6, 6.07) is 9.74. The van der Waals surface area contributed by atoms with Gasteiger partial charge in [0, 0.05) is 24.7 Å². The highest BCUT2D eigenvalue weighted by Crippen LogP contribution is 2.19. The van der Waals surface area contributed by atoms with Crippen LogP contribution >= 0.6 is 0 Å². The van der Waals surface area contributed by atoms with Crippen molar-refractivity contribution >= 4 is 22.5 Å². The Balaban J connectivity index is 1.73. The molecule has 3 rings (SSSR count). The van der Waals surface area contributed by atoms with E-state index in [0.717, 1.165) is 10.8 Å². The van der Waals surface area contributed by atoms with Crippen LogP contribution in [0.4, 0.5) is 5.82 Å². The number of nitrogens with zero attached hydrogens (tertiary/aromatic N) is 3. The van der Waals surface area contributed by atoms with Crippen LogP contribution in [-0.2, 0) is 4.79 Å². The molecule has 20 heavy (non-hydrogen) atoms. The van der Waals surface area contributed by atoms with Gasteiger partial charge in [0.2, 0.25) is 5.91 Å². The van der Waals surface area contributed by atoms with Crippen molar-refractivity contribution in [3.63, 3.8) is 0 Å². The monoisotopic (exact) mass is 266 g/mol. The minimum absolute atomic E-state index is 0.0643. The van der Waals surface area contributed by atoms with Gasteiger partial charge in [0.15, 0.2) is 6.19 Å². The van der Waals surface area contributed by atoms with E-state index in [4.69, 9.17) is 5.26 Å². The maximum absolute atomic E-state index is 12.1. The molecule has 5 nitrogen and oxygen atoms in total. The molecule has 0 aliphatic carbocycles. The lowest BCUT2D eigenvalue weighted by Gasteiger charge is -2.10. The largest absolute Gasteiger partial charge is 0.310 e. The fourth-order valence-corrected chi connectivity index (χ4v) is 2.45. The predicted octanol–water partition coefficient (Wildman–Crippen LogP) is 1.98. The van der Waals surface area contributed by atoms with Crippen molar-refractivity contribution < 1.29 is 4.79 Å². The van der Waals surface area contributed by atoms with Gasteiger partial charge in [0.05, 0.1) is 5.92 Å². The summed E-state index contributed by atoms with van der Waals surface area (Å²) in [6.45, 7) is 1.15. The van der Waals surface area contributed by atoms with Gasteiger partial charge in [-0.2, -0.15) is 5.26 Å². The van der Waals surface area contributed by atoms with Crippen molar-refractivity contribution in [1.82, 2.24) is 9.88 Å². The standard InChI is InChI=1S/C15H14N4O/c16-10-19-6-5-13(9-19)15(20)18-14-7-11-3-1-2-4-12(11)8-17-14/h1-4,7-8,13H,5-6,9H2,(H,17,18,20). The van der Waals surface area contributed by atoms with Crippen LogP contribution in [0.25, 0.3) is 10.8 Å². The van der Waals surface area contributed by atoms with Crippen LogP contribution in [0.1, 0.15) is 6.42 Å². The summed E-state index contributed by atoms with van der Waals surface area (Å²) in [5, 5.41) is 13.7. The van der Waals surface area contributed by atoms with E-state index < -0.39 is 0 Å². The Labute approximate surface area is 116 Å². The number of amides is 1. The van der Waals surface area contributed by atoms with Gasteiger partial charge in [0.1, 0.15) is 5.82 Å². The van der Waals surface area contributed by atoms with Gasteiger partial charge in [0.25, 0.3) is 0 Å². The van der Waals surface area contributed by atoms with Crippen molar-refractivity contribution in [3.8, 4) is 6.19 Å². The Hall–Kier alpha value is -2.61. The molecule has 1 atom stereocenters. The van der Waals surface area contributed by atoms with Gasteiger partial charge >= 0.3 is 0 Å². The quantitative estimate of drug-likeness (QED) is 0.844. The lowest BCUT2D eigenvalue weighted by atomic mass is 10.1.